The molecule has 0 heterocycles. The minimum atomic E-state index is -3.79. The van der Waals surface area contributed by atoms with Gasteiger partial charge in [-0.25, -0.2) is 17.5 Å². The number of hydrogen-bond donors (Lipinski definition) is 2. The van der Waals surface area contributed by atoms with Crippen LogP contribution in [-0.2, 0) is 10.0 Å². The molecule has 0 radical (unpaired) electrons. The van der Waals surface area contributed by atoms with Gasteiger partial charge in [-0.2, -0.15) is 0 Å². The van der Waals surface area contributed by atoms with Crippen molar-refractivity contribution in [3.8, 4) is 0 Å². The summed E-state index contributed by atoms with van der Waals surface area (Å²) in [4.78, 5) is -0.126. The van der Waals surface area contributed by atoms with E-state index >= 15 is 0 Å². The largest absolute Gasteiger partial charge is 0.393 e. The highest BCUT2D eigenvalue weighted by Gasteiger charge is 2.35. The lowest BCUT2D eigenvalue weighted by molar-refractivity contribution is 0.0277. The molecule has 20 heavy (non-hydrogen) atoms. The van der Waals surface area contributed by atoms with Crippen molar-refractivity contribution in [1.82, 2.24) is 4.72 Å². The molecule has 7 heteroatoms. The normalized spacial score (nSPS) is 24.2. The Balaban J connectivity index is 2.17. The van der Waals surface area contributed by atoms with E-state index in [1.807, 2.05) is 6.92 Å². The van der Waals surface area contributed by atoms with Crippen molar-refractivity contribution in [2.75, 3.05) is 0 Å². The van der Waals surface area contributed by atoms with Gasteiger partial charge in [0.15, 0.2) is 0 Å². The molecule has 1 atom stereocenters. The van der Waals surface area contributed by atoms with Gasteiger partial charge in [-0.15, -0.1) is 0 Å². The molecule has 1 aromatic carbocycles. The lowest BCUT2D eigenvalue weighted by Crippen LogP contribution is -2.46. The predicted molar refractivity (Wildman–Crippen MR) is 74.5 cm³/mol. The standard InChI is InChI=1S/C13H17ClFNO3S/c1-2-12(8-5-10(17)6-8)16-20(18,19)13-4-3-9(15)7-11(13)14/h3-4,7-8,10,12,16-17H,2,5-6H2,1H3/t8?,10?,12-/m1/s1. The molecular weight excluding hydrogens is 305 g/mol. The van der Waals surface area contributed by atoms with Gasteiger partial charge in [0, 0.05) is 6.04 Å². The summed E-state index contributed by atoms with van der Waals surface area (Å²) >= 11 is 5.79. The van der Waals surface area contributed by atoms with Gasteiger partial charge in [-0.3, -0.25) is 0 Å². The van der Waals surface area contributed by atoms with Crippen LogP contribution in [0.5, 0.6) is 0 Å². The Morgan fingerprint density at radius 3 is 2.65 bits per heavy atom. The predicted octanol–water partition coefficient (Wildman–Crippen LogP) is 2.31. The maximum atomic E-state index is 13.0. The maximum absolute atomic E-state index is 13.0. The molecule has 0 aliphatic heterocycles. The molecule has 0 saturated heterocycles. The number of sulfonamides is 1. The lowest BCUT2D eigenvalue weighted by Gasteiger charge is -2.37. The zero-order chi connectivity index (χ0) is 14.9. The van der Waals surface area contributed by atoms with Crippen molar-refractivity contribution in [2.45, 2.75) is 43.2 Å². The van der Waals surface area contributed by atoms with E-state index in [0.29, 0.717) is 19.3 Å². The smallest absolute Gasteiger partial charge is 0.242 e. The molecule has 0 amide bonds. The fourth-order valence-corrected chi connectivity index (χ4v) is 4.35. The number of halogens is 2. The van der Waals surface area contributed by atoms with E-state index in [0.717, 1.165) is 18.2 Å². The molecule has 0 unspecified atom stereocenters. The van der Waals surface area contributed by atoms with Crippen LogP contribution in [0.25, 0.3) is 0 Å². The van der Waals surface area contributed by atoms with Gasteiger partial charge in [-0.1, -0.05) is 18.5 Å². The minimum absolute atomic E-state index is 0.126. The summed E-state index contributed by atoms with van der Waals surface area (Å²) in [5.74, 6) is -0.452. The van der Waals surface area contributed by atoms with Crippen LogP contribution < -0.4 is 4.72 Å². The molecule has 0 bridgehead atoms. The molecule has 2 N–H and O–H groups in total. The Labute approximate surface area is 123 Å². The second-order valence-electron chi connectivity index (χ2n) is 5.10. The minimum Gasteiger partial charge on any atom is -0.393 e. The zero-order valence-corrected chi connectivity index (χ0v) is 12.6. The molecule has 1 fully saturated rings. The van der Waals surface area contributed by atoms with Crippen LogP contribution in [-0.4, -0.2) is 25.7 Å². The highest BCUT2D eigenvalue weighted by atomic mass is 35.5. The third-order valence-electron chi connectivity index (χ3n) is 3.65. The second-order valence-corrected chi connectivity index (χ2v) is 7.19. The van der Waals surface area contributed by atoms with Crippen molar-refractivity contribution in [2.24, 2.45) is 5.92 Å². The number of nitrogens with one attached hydrogen (secondary N) is 1. The van der Waals surface area contributed by atoms with Crippen LogP contribution in [0.15, 0.2) is 23.1 Å². The van der Waals surface area contributed by atoms with Crippen LogP contribution in [0.3, 0.4) is 0 Å². The fourth-order valence-electron chi connectivity index (χ4n) is 2.43. The van der Waals surface area contributed by atoms with Gasteiger partial charge >= 0.3 is 0 Å². The van der Waals surface area contributed by atoms with Crippen LogP contribution in [0.1, 0.15) is 26.2 Å². The number of hydrogen-bond acceptors (Lipinski definition) is 3. The molecule has 4 nitrogen and oxygen atoms in total. The molecule has 2 rings (SSSR count). The van der Waals surface area contributed by atoms with Gasteiger partial charge in [0.05, 0.1) is 11.1 Å². The van der Waals surface area contributed by atoms with Gasteiger partial charge in [0.2, 0.25) is 10.0 Å². The summed E-state index contributed by atoms with van der Waals surface area (Å²) in [5.41, 5.74) is 0. The first-order valence-electron chi connectivity index (χ1n) is 6.49. The van der Waals surface area contributed by atoms with E-state index in [1.54, 1.807) is 0 Å². The molecule has 112 valence electrons. The number of aliphatic hydroxyl groups is 1. The zero-order valence-electron chi connectivity index (χ0n) is 11.0. The van der Waals surface area contributed by atoms with Crippen molar-refractivity contribution in [1.29, 1.82) is 0 Å². The first-order chi connectivity index (χ1) is 9.33. The number of aliphatic hydroxyl groups excluding tert-OH is 1. The number of rotatable bonds is 5. The quantitative estimate of drug-likeness (QED) is 0.874. The summed E-state index contributed by atoms with van der Waals surface area (Å²) in [5, 5.41) is 9.17. The van der Waals surface area contributed by atoms with Crippen LogP contribution in [0, 0.1) is 11.7 Å². The van der Waals surface area contributed by atoms with Crippen LogP contribution in [0.4, 0.5) is 4.39 Å². The summed E-state index contributed by atoms with van der Waals surface area (Å²) < 4.78 is 40.1. The Morgan fingerprint density at radius 2 is 2.15 bits per heavy atom. The molecular formula is C13H17ClFNO3S. The van der Waals surface area contributed by atoms with E-state index in [-0.39, 0.29) is 28.0 Å². The monoisotopic (exact) mass is 321 g/mol. The average Bonchev–Trinajstić information content (AvgIpc) is 2.32. The van der Waals surface area contributed by atoms with Crippen LogP contribution in [0.2, 0.25) is 5.02 Å². The summed E-state index contributed by atoms with van der Waals surface area (Å²) in [7, 11) is -3.79. The second kappa shape index (κ2) is 5.97. The molecule has 1 saturated carbocycles. The van der Waals surface area contributed by atoms with E-state index in [2.05, 4.69) is 4.72 Å². The van der Waals surface area contributed by atoms with Crippen molar-refractivity contribution < 1.29 is 17.9 Å². The van der Waals surface area contributed by atoms with E-state index in [1.165, 1.54) is 0 Å². The summed E-state index contributed by atoms with van der Waals surface area (Å²) in [6.07, 6.45) is 1.47. The van der Waals surface area contributed by atoms with Crippen LogP contribution >= 0.6 is 11.6 Å². The highest BCUT2D eigenvalue weighted by Crippen LogP contribution is 2.32. The van der Waals surface area contributed by atoms with Gasteiger partial charge < -0.3 is 5.11 Å². The lowest BCUT2D eigenvalue weighted by atomic mass is 9.77. The Bertz CT molecular complexity index is 587. The van der Waals surface area contributed by atoms with Crippen molar-refractivity contribution in [3.63, 3.8) is 0 Å². The van der Waals surface area contributed by atoms with Gasteiger partial charge in [0.1, 0.15) is 10.7 Å². The molecule has 0 aromatic heterocycles. The SMILES string of the molecule is CC[C@@H](NS(=O)(=O)c1ccc(F)cc1Cl)C1CC(O)C1. The first-order valence-corrected chi connectivity index (χ1v) is 8.35. The van der Waals surface area contributed by atoms with E-state index in [9.17, 15) is 17.9 Å². The Morgan fingerprint density at radius 1 is 1.50 bits per heavy atom. The molecule has 1 aromatic rings. The molecule has 1 aliphatic rings. The molecule has 1 aliphatic carbocycles. The van der Waals surface area contributed by atoms with Crippen molar-refractivity contribution in [3.05, 3.63) is 29.0 Å². The summed E-state index contributed by atoms with van der Waals surface area (Å²) in [6.45, 7) is 1.88. The highest BCUT2D eigenvalue weighted by molar-refractivity contribution is 7.89. The maximum Gasteiger partial charge on any atom is 0.242 e. The van der Waals surface area contributed by atoms with E-state index in [4.69, 9.17) is 11.6 Å². The first kappa shape index (κ1) is 15.7. The average molecular weight is 322 g/mol. The Hall–Kier alpha value is -0.690. The summed E-state index contributed by atoms with van der Waals surface area (Å²) in [6, 6.07) is 2.95. The fraction of sp³-hybridized carbons (Fsp3) is 0.538. The molecule has 0 spiro atoms. The van der Waals surface area contributed by atoms with Crippen molar-refractivity contribution >= 4 is 21.6 Å². The third-order valence-corrected chi connectivity index (χ3v) is 5.62. The Kier molecular flexibility index (Phi) is 4.69. The number of benzene rings is 1. The van der Waals surface area contributed by atoms with Gasteiger partial charge in [-0.05, 0) is 43.4 Å². The van der Waals surface area contributed by atoms with E-state index < -0.39 is 15.8 Å². The van der Waals surface area contributed by atoms with Gasteiger partial charge in [0.25, 0.3) is 0 Å². The third kappa shape index (κ3) is 3.31. The topological polar surface area (TPSA) is 66.4 Å².